The van der Waals surface area contributed by atoms with Crippen LogP contribution in [0, 0.1) is 20.2 Å². The van der Waals surface area contributed by atoms with Gasteiger partial charge in [-0.05, 0) is 36.4 Å². The summed E-state index contributed by atoms with van der Waals surface area (Å²) in [6.07, 6.45) is 0. The number of aliphatic hydroxyl groups is 2. The fourth-order valence-corrected chi connectivity index (χ4v) is 6.40. The van der Waals surface area contributed by atoms with Crippen LogP contribution in [0.2, 0.25) is 0 Å². The molecule has 0 fully saturated rings. The fourth-order valence-electron chi connectivity index (χ4n) is 4.25. The van der Waals surface area contributed by atoms with E-state index in [0.29, 0.717) is 0 Å². The first-order chi connectivity index (χ1) is 23.6. The quantitative estimate of drug-likeness (QED) is 0.0740. The normalized spacial score (nSPS) is 15.4. The standard InChI is InChI=1S/2C14H10N4O6S.Co/c2*19-12-7-8(18(21)22)5-6-11(12)15-16-14-13(20)9-3-1-2-4-10(9)17-25(14,23)24;/h2*1-7,17,19-20H;. The summed E-state index contributed by atoms with van der Waals surface area (Å²) in [5.74, 6) is -2.31. The van der Waals surface area contributed by atoms with Gasteiger partial charge in [-0.3, -0.25) is 29.7 Å². The van der Waals surface area contributed by atoms with Crippen LogP contribution in [0.5, 0.6) is 11.5 Å². The Morgan fingerprint density at radius 1 is 0.549 bits per heavy atom. The number of aromatic hydroxyl groups is 2. The smallest absolute Gasteiger partial charge is 0.285 e. The number of rotatable bonds is 6. The van der Waals surface area contributed by atoms with E-state index in [9.17, 15) is 57.5 Å². The van der Waals surface area contributed by atoms with Gasteiger partial charge in [0.05, 0.1) is 33.4 Å². The zero-order valence-electron chi connectivity index (χ0n) is 25.0. The molecular weight excluding hydrogens is 763 g/mol. The second-order valence-electron chi connectivity index (χ2n) is 9.87. The van der Waals surface area contributed by atoms with Gasteiger partial charge in [0.1, 0.15) is 22.9 Å². The van der Waals surface area contributed by atoms with Crippen molar-refractivity contribution in [3.63, 3.8) is 0 Å². The Kier molecular flexibility index (Phi) is 10.7. The molecule has 4 aromatic rings. The van der Waals surface area contributed by atoms with Crippen molar-refractivity contribution in [2.24, 2.45) is 20.5 Å². The Labute approximate surface area is 296 Å². The molecule has 265 valence electrons. The van der Waals surface area contributed by atoms with Crippen molar-refractivity contribution in [1.82, 2.24) is 0 Å². The molecule has 2 aliphatic heterocycles. The molecule has 0 aromatic heterocycles. The van der Waals surface area contributed by atoms with Crippen LogP contribution in [-0.2, 0) is 36.8 Å². The van der Waals surface area contributed by atoms with Crippen LogP contribution in [-0.4, -0.2) is 47.1 Å². The van der Waals surface area contributed by atoms with E-state index in [4.69, 9.17) is 0 Å². The number of sulfonamides is 2. The summed E-state index contributed by atoms with van der Waals surface area (Å²) < 4.78 is 53.2. The summed E-state index contributed by atoms with van der Waals surface area (Å²) in [6, 6.07) is 18.4. The zero-order chi connectivity index (χ0) is 36.4. The predicted octanol–water partition coefficient (Wildman–Crippen LogP) is 6.04. The summed E-state index contributed by atoms with van der Waals surface area (Å²) in [7, 11) is -8.32. The molecule has 6 rings (SSSR count). The van der Waals surface area contributed by atoms with Gasteiger partial charge < -0.3 is 20.4 Å². The second-order valence-corrected chi connectivity index (χ2v) is 13.1. The number of nitro benzene ring substituents is 2. The third-order valence-corrected chi connectivity index (χ3v) is 9.15. The number of nitrogens with one attached hydrogen (secondary N) is 2. The van der Waals surface area contributed by atoms with Crippen LogP contribution in [0.4, 0.5) is 34.1 Å². The van der Waals surface area contributed by atoms with Gasteiger partial charge in [-0.15, -0.1) is 20.5 Å². The molecule has 2 heterocycles. The number of fused-ring (bicyclic) bond motifs is 2. The second kappa shape index (κ2) is 14.6. The topological polar surface area (TPSA) is 309 Å². The number of hydrogen-bond acceptors (Lipinski definition) is 16. The average molecular weight is 784 g/mol. The maximum absolute atomic E-state index is 12.2. The number of phenolic OH excluding ortho intramolecular Hbond substituents is 2. The molecule has 2 aliphatic rings. The fraction of sp³-hybridized carbons (Fsp3) is 0. The first-order valence-electron chi connectivity index (χ1n) is 13.5. The molecule has 0 spiro atoms. The van der Waals surface area contributed by atoms with Gasteiger partial charge in [0.2, 0.25) is 10.1 Å². The van der Waals surface area contributed by atoms with Crippen molar-refractivity contribution < 1.29 is 63.9 Å². The van der Waals surface area contributed by atoms with E-state index in [1.165, 1.54) is 24.3 Å². The van der Waals surface area contributed by atoms with E-state index in [2.05, 4.69) is 29.9 Å². The Morgan fingerprint density at radius 3 is 1.24 bits per heavy atom. The minimum Gasteiger partial charge on any atom is -0.505 e. The molecular formula is C28H20CoN8O12S2. The van der Waals surface area contributed by atoms with E-state index in [-0.39, 0.29) is 62.0 Å². The number of para-hydroxylation sites is 2. The number of nitrogens with zero attached hydrogens (tertiary/aromatic N) is 6. The monoisotopic (exact) mass is 783 g/mol. The van der Waals surface area contributed by atoms with Crippen molar-refractivity contribution in [3.05, 3.63) is 126 Å². The van der Waals surface area contributed by atoms with E-state index >= 15 is 0 Å². The van der Waals surface area contributed by atoms with Crippen LogP contribution in [0.15, 0.2) is 115 Å². The van der Waals surface area contributed by atoms with E-state index in [0.717, 1.165) is 36.4 Å². The minimum absolute atomic E-state index is 0. The third kappa shape index (κ3) is 7.91. The Hall–Kier alpha value is -6.43. The number of anilines is 2. The molecule has 0 aliphatic carbocycles. The Bertz CT molecular complexity index is 2270. The Morgan fingerprint density at radius 2 is 0.902 bits per heavy atom. The maximum Gasteiger partial charge on any atom is 0.285 e. The van der Waals surface area contributed by atoms with E-state index in [1.54, 1.807) is 24.3 Å². The SMILES string of the molecule is O=[N+]([O-])c1ccc(N=NC2=C(O)c3ccccc3NS2(=O)=O)c(O)c1.O=[N+]([O-])c1ccc(N=NC2=C(O)c3ccccc3NS2(=O)=O)c(O)c1.[Co]. The van der Waals surface area contributed by atoms with Crippen molar-refractivity contribution in [3.8, 4) is 11.5 Å². The number of phenols is 2. The third-order valence-electron chi connectivity index (χ3n) is 6.60. The molecule has 20 nitrogen and oxygen atoms in total. The number of aliphatic hydroxyl groups excluding tert-OH is 2. The summed E-state index contributed by atoms with van der Waals surface area (Å²) in [6.45, 7) is 0. The van der Waals surface area contributed by atoms with E-state index < -0.39 is 63.0 Å². The van der Waals surface area contributed by atoms with Gasteiger partial charge in [-0.1, -0.05) is 24.3 Å². The predicted molar refractivity (Wildman–Crippen MR) is 176 cm³/mol. The first-order valence-corrected chi connectivity index (χ1v) is 16.4. The van der Waals surface area contributed by atoms with Crippen LogP contribution in [0.25, 0.3) is 11.5 Å². The molecule has 0 saturated carbocycles. The average Bonchev–Trinajstić information content (AvgIpc) is 3.05. The molecule has 0 atom stereocenters. The van der Waals surface area contributed by atoms with E-state index in [1.807, 2.05) is 0 Å². The van der Waals surface area contributed by atoms with Gasteiger partial charge in [0, 0.05) is 40.0 Å². The molecule has 0 bridgehead atoms. The van der Waals surface area contributed by atoms with Crippen LogP contribution in [0.3, 0.4) is 0 Å². The largest absolute Gasteiger partial charge is 0.505 e. The molecule has 0 unspecified atom stereocenters. The number of non-ortho nitro benzene ring substituents is 2. The van der Waals surface area contributed by atoms with Crippen LogP contribution < -0.4 is 9.44 Å². The molecule has 1 radical (unpaired) electrons. The number of azo groups is 2. The molecule has 6 N–H and O–H groups in total. The van der Waals surface area contributed by atoms with Crippen molar-refractivity contribution in [1.29, 1.82) is 0 Å². The first kappa shape index (κ1) is 37.4. The van der Waals surface area contributed by atoms with Gasteiger partial charge in [0.15, 0.2) is 11.5 Å². The van der Waals surface area contributed by atoms with Crippen molar-refractivity contribution in [2.45, 2.75) is 0 Å². The Balaban J connectivity index is 0.000000224. The summed E-state index contributed by atoms with van der Waals surface area (Å²) in [5.41, 5.74) is -0.286. The molecule has 51 heavy (non-hydrogen) atoms. The minimum atomic E-state index is -4.16. The maximum atomic E-state index is 12.2. The summed E-state index contributed by atoms with van der Waals surface area (Å²) in [5, 5.41) is 73.7. The van der Waals surface area contributed by atoms with Gasteiger partial charge in [-0.25, -0.2) is 0 Å². The number of nitro groups is 2. The summed E-state index contributed by atoms with van der Waals surface area (Å²) in [4.78, 5) is 19.8. The summed E-state index contributed by atoms with van der Waals surface area (Å²) >= 11 is 0. The van der Waals surface area contributed by atoms with Crippen molar-refractivity contribution >= 4 is 65.7 Å². The van der Waals surface area contributed by atoms with Gasteiger partial charge in [-0.2, -0.15) is 16.8 Å². The molecule has 4 aromatic carbocycles. The molecule has 0 amide bonds. The van der Waals surface area contributed by atoms with Crippen molar-refractivity contribution in [2.75, 3.05) is 9.44 Å². The van der Waals surface area contributed by atoms with Gasteiger partial charge in [0.25, 0.3) is 31.4 Å². The van der Waals surface area contributed by atoms with Gasteiger partial charge >= 0.3 is 0 Å². The molecule has 0 saturated heterocycles. The number of benzene rings is 4. The van der Waals surface area contributed by atoms with Crippen LogP contribution >= 0.6 is 0 Å². The van der Waals surface area contributed by atoms with Crippen LogP contribution in [0.1, 0.15) is 11.1 Å². The molecule has 23 heteroatoms. The number of hydrogen-bond donors (Lipinski definition) is 6. The zero-order valence-corrected chi connectivity index (χ0v) is 27.6.